The second-order valence-electron chi connectivity index (χ2n) is 7.68. The van der Waals surface area contributed by atoms with Gasteiger partial charge in [-0.05, 0) is 61.6 Å². The molecule has 0 spiro atoms. The van der Waals surface area contributed by atoms with Crippen LogP contribution in [0, 0.1) is 11.7 Å². The Morgan fingerprint density at radius 2 is 1.97 bits per heavy atom. The summed E-state index contributed by atoms with van der Waals surface area (Å²) in [6.07, 6.45) is 5.79. The molecule has 1 aromatic carbocycles. The van der Waals surface area contributed by atoms with Crippen LogP contribution in [0.5, 0.6) is 0 Å². The van der Waals surface area contributed by atoms with Gasteiger partial charge in [0.05, 0.1) is 5.69 Å². The fourth-order valence-electron chi connectivity index (χ4n) is 3.93. The third-order valence-electron chi connectivity index (χ3n) is 5.56. The number of rotatable bonds is 4. The first-order valence-electron chi connectivity index (χ1n) is 10.0. The summed E-state index contributed by atoms with van der Waals surface area (Å²) in [6.45, 7) is 0.504. The molecule has 6 nitrogen and oxygen atoms in total. The number of halogens is 1. The predicted octanol–water partition coefficient (Wildman–Crippen LogP) is 3.12. The van der Waals surface area contributed by atoms with Gasteiger partial charge in [-0.2, -0.15) is 0 Å². The Morgan fingerprint density at radius 1 is 1.20 bits per heavy atom. The average molecular weight is 406 g/mol. The summed E-state index contributed by atoms with van der Waals surface area (Å²) < 4.78 is 13.2. The lowest BCUT2D eigenvalue weighted by molar-refractivity contribution is -0.135. The second kappa shape index (κ2) is 8.57. The minimum absolute atomic E-state index is 0.0712. The van der Waals surface area contributed by atoms with Crippen molar-refractivity contribution in [3.05, 3.63) is 81.8 Å². The van der Waals surface area contributed by atoms with Crippen molar-refractivity contribution in [1.82, 2.24) is 19.9 Å². The number of aromatic nitrogens is 3. The highest BCUT2D eigenvalue weighted by Crippen LogP contribution is 2.25. The number of hydrogen-bond donors (Lipinski definition) is 1. The van der Waals surface area contributed by atoms with E-state index in [2.05, 4.69) is 15.0 Å². The van der Waals surface area contributed by atoms with Crippen LogP contribution in [-0.4, -0.2) is 32.8 Å². The molecular formula is C23H23FN4O2. The maximum Gasteiger partial charge on any atom is 0.254 e. The van der Waals surface area contributed by atoms with Crippen molar-refractivity contribution >= 4 is 5.91 Å². The van der Waals surface area contributed by atoms with E-state index in [4.69, 9.17) is 0 Å². The van der Waals surface area contributed by atoms with Gasteiger partial charge in [0.25, 0.3) is 5.56 Å². The molecule has 0 bridgehead atoms. The summed E-state index contributed by atoms with van der Waals surface area (Å²) in [7, 11) is 1.80. The average Bonchev–Trinajstić information content (AvgIpc) is 2.97. The number of aryl methyl sites for hydroxylation is 1. The van der Waals surface area contributed by atoms with Gasteiger partial charge in [-0.1, -0.05) is 6.07 Å². The summed E-state index contributed by atoms with van der Waals surface area (Å²) in [5.41, 5.74) is 2.82. The van der Waals surface area contributed by atoms with E-state index in [1.165, 1.54) is 12.1 Å². The van der Waals surface area contributed by atoms with Crippen LogP contribution in [0.3, 0.4) is 0 Å². The predicted molar refractivity (Wildman–Crippen MR) is 111 cm³/mol. The van der Waals surface area contributed by atoms with Crippen molar-refractivity contribution in [2.45, 2.75) is 32.2 Å². The molecule has 1 atom stereocenters. The number of H-pyrrole nitrogens is 1. The molecule has 2 aromatic heterocycles. The molecule has 1 aliphatic rings. The lowest BCUT2D eigenvalue weighted by Gasteiger charge is -2.22. The molecule has 0 aliphatic heterocycles. The zero-order valence-corrected chi connectivity index (χ0v) is 16.8. The molecule has 1 amide bonds. The zero-order chi connectivity index (χ0) is 21.1. The van der Waals surface area contributed by atoms with E-state index in [1.54, 1.807) is 36.5 Å². The number of benzene rings is 1. The Bertz CT molecular complexity index is 1100. The Hall–Kier alpha value is -3.35. The number of pyridine rings is 1. The molecule has 4 rings (SSSR count). The van der Waals surface area contributed by atoms with Crippen molar-refractivity contribution < 1.29 is 9.18 Å². The maximum atomic E-state index is 13.2. The van der Waals surface area contributed by atoms with Crippen LogP contribution >= 0.6 is 0 Å². The number of nitrogens with one attached hydrogen (secondary N) is 1. The van der Waals surface area contributed by atoms with Crippen LogP contribution < -0.4 is 5.56 Å². The van der Waals surface area contributed by atoms with Crippen LogP contribution in [0.2, 0.25) is 0 Å². The first kappa shape index (κ1) is 19.9. The van der Waals surface area contributed by atoms with Crippen LogP contribution in [0.15, 0.2) is 53.6 Å². The molecular weight excluding hydrogens is 383 g/mol. The molecule has 0 radical (unpaired) electrons. The number of fused-ring (bicyclic) bond motifs is 1. The van der Waals surface area contributed by atoms with Gasteiger partial charge in [-0.3, -0.25) is 14.6 Å². The van der Waals surface area contributed by atoms with Crippen LogP contribution in [-0.2, 0) is 24.2 Å². The van der Waals surface area contributed by atoms with Gasteiger partial charge >= 0.3 is 0 Å². The second-order valence-corrected chi connectivity index (χ2v) is 7.68. The Kier molecular flexibility index (Phi) is 5.70. The summed E-state index contributed by atoms with van der Waals surface area (Å²) >= 11 is 0. The number of carbonyl (C=O) groups excluding carboxylic acids is 1. The van der Waals surface area contributed by atoms with E-state index in [-0.39, 0.29) is 23.2 Å². The highest BCUT2D eigenvalue weighted by atomic mass is 19.1. The van der Waals surface area contributed by atoms with E-state index in [1.807, 2.05) is 12.1 Å². The minimum Gasteiger partial charge on any atom is -0.341 e. The maximum absolute atomic E-state index is 13.2. The lowest BCUT2D eigenvalue weighted by Crippen LogP contribution is -2.32. The molecule has 1 aliphatic carbocycles. The molecule has 3 aromatic rings. The van der Waals surface area contributed by atoms with Crippen LogP contribution in [0.4, 0.5) is 4.39 Å². The SMILES string of the molecule is CN(Cc1cccnc1)C(=O)C1CCc2nc(-c3ccc(F)cc3)[nH]c(=O)c2CC1. The number of hydrogen-bond acceptors (Lipinski definition) is 4. The van der Waals surface area contributed by atoms with Crippen molar-refractivity contribution in [2.24, 2.45) is 5.92 Å². The Morgan fingerprint density at radius 3 is 2.70 bits per heavy atom. The summed E-state index contributed by atoms with van der Waals surface area (Å²) in [5, 5.41) is 0. The van der Waals surface area contributed by atoms with Crippen LogP contribution in [0.1, 0.15) is 29.7 Å². The van der Waals surface area contributed by atoms with Crippen molar-refractivity contribution in [1.29, 1.82) is 0 Å². The quantitative estimate of drug-likeness (QED) is 0.675. The van der Waals surface area contributed by atoms with Gasteiger partial charge in [0.15, 0.2) is 0 Å². The third-order valence-corrected chi connectivity index (χ3v) is 5.56. The van der Waals surface area contributed by atoms with Crippen molar-refractivity contribution in [3.63, 3.8) is 0 Å². The largest absolute Gasteiger partial charge is 0.341 e. The summed E-state index contributed by atoms with van der Waals surface area (Å²) in [6, 6.07) is 9.67. The Labute approximate surface area is 173 Å². The number of nitrogens with zero attached hydrogens (tertiary/aromatic N) is 3. The molecule has 7 heteroatoms. The highest BCUT2D eigenvalue weighted by Gasteiger charge is 2.27. The Balaban J connectivity index is 1.50. The zero-order valence-electron chi connectivity index (χ0n) is 16.8. The number of amides is 1. The van der Waals surface area contributed by atoms with Gasteiger partial charge in [-0.15, -0.1) is 0 Å². The molecule has 0 saturated heterocycles. The normalized spacial score (nSPS) is 15.9. The summed E-state index contributed by atoms with van der Waals surface area (Å²) in [4.78, 5) is 38.9. The standard InChI is InChI=1S/C23H23FN4O2/c1-28(14-15-3-2-12-25-13-15)23(30)17-6-10-19-20(11-7-17)26-21(27-22(19)29)16-4-8-18(24)9-5-16/h2-5,8-9,12-13,17H,6-7,10-11,14H2,1H3,(H,26,27,29). The van der Waals surface area contributed by atoms with E-state index >= 15 is 0 Å². The van der Waals surface area contributed by atoms with E-state index in [0.29, 0.717) is 49.2 Å². The lowest BCUT2D eigenvalue weighted by atomic mass is 9.98. The first-order valence-corrected chi connectivity index (χ1v) is 10.0. The highest BCUT2D eigenvalue weighted by molar-refractivity contribution is 5.78. The molecule has 1 N–H and O–H groups in total. The molecule has 0 fully saturated rings. The third kappa shape index (κ3) is 4.30. The fourth-order valence-corrected chi connectivity index (χ4v) is 3.93. The monoisotopic (exact) mass is 406 g/mol. The van der Waals surface area contributed by atoms with E-state index in [0.717, 1.165) is 11.3 Å². The molecule has 30 heavy (non-hydrogen) atoms. The van der Waals surface area contributed by atoms with Crippen molar-refractivity contribution in [2.75, 3.05) is 7.05 Å². The number of carbonyl (C=O) groups is 1. The molecule has 2 heterocycles. The van der Waals surface area contributed by atoms with Gasteiger partial charge in [0, 0.05) is 43.0 Å². The summed E-state index contributed by atoms with van der Waals surface area (Å²) in [5.74, 6) is 0.00113. The van der Waals surface area contributed by atoms with Gasteiger partial charge in [0.2, 0.25) is 5.91 Å². The molecule has 1 unspecified atom stereocenters. The topological polar surface area (TPSA) is 79.0 Å². The van der Waals surface area contributed by atoms with Crippen LogP contribution in [0.25, 0.3) is 11.4 Å². The molecule has 0 saturated carbocycles. The van der Waals surface area contributed by atoms with Crippen molar-refractivity contribution in [3.8, 4) is 11.4 Å². The molecule has 154 valence electrons. The van der Waals surface area contributed by atoms with Gasteiger partial charge in [0.1, 0.15) is 11.6 Å². The van der Waals surface area contributed by atoms with Gasteiger partial charge < -0.3 is 9.88 Å². The number of aromatic amines is 1. The first-order chi connectivity index (χ1) is 14.5. The fraction of sp³-hybridized carbons (Fsp3) is 0.304. The minimum atomic E-state index is -0.340. The van der Waals surface area contributed by atoms with E-state index < -0.39 is 0 Å². The van der Waals surface area contributed by atoms with E-state index in [9.17, 15) is 14.0 Å². The smallest absolute Gasteiger partial charge is 0.254 e. The van der Waals surface area contributed by atoms with Gasteiger partial charge in [-0.25, -0.2) is 9.37 Å².